The molecule has 20 heavy (non-hydrogen) atoms. The fraction of sp³-hybridized carbons (Fsp3) is 0.214. The number of benzene rings is 1. The van der Waals surface area contributed by atoms with Crippen LogP contribution in [0.2, 0.25) is 0 Å². The predicted molar refractivity (Wildman–Crippen MR) is 71.7 cm³/mol. The Labute approximate surface area is 115 Å². The van der Waals surface area contributed by atoms with E-state index in [0.717, 1.165) is 0 Å². The zero-order valence-corrected chi connectivity index (χ0v) is 10.9. The molecular formula is C14H14N2O4. The minimum Gasteiger partial charge on any atom is -0.486 e. The van der Waals surface area contributed by atoms with E-state index in [2.05, 4.69) is 9.97 Å². The second kappa shape index (κ2) is 6.01. The standard InChI is InChI=1S/C14H14N2O4/c1-9-11(7-13(17)18)14(19)16-12(15-9)8-20-10-5-3-2-4-6-10/h2-6H,7-8H2,1H3,(H,17,18)(H,15,16,19). The Morgan fingerprint density at radius 2 is 2.05 bits per heavy atom. The van der Waals surface area contributed by atoms with E-state index >= 15 is 0 Å². The predicted octanol–water partition coefficient (Wildman–Crippen LogP) is 1.28. The summed E-state index contributed by atoms with van der Waals surface area (Å²) in [4.78, 5) is 29.2. The van der Waals surface area contributed by atoms with Crippen molar-refractivity contribution in [2.45, 2.75) is 20.0 Å². The molecule has 0 saturated carbocycles. The summed E-state index contributed by atoms with van der Waals surface area (Å²) in [5.74, 6) is -0.0263. The molecular weight excluding hydrogens is 260 g/mol. The summed E-state index contributed by atoms with van der Waals surface area (Å²) in [5.41, 5.74) is 0.135. The molecule has 0 radical (unpaired) electrons. The number of nitrogens with zero attached hydrogens (tertiary/aromatic N) is 1. The first-order valence-corrected chi connectivity index (χ1v) is 6.04. The van der Waals surface area contributed by atoms with Gasteiger partial charge in [0, 0.05) is 11.3 Å². The first-order chi connectivity index (χ1) is 9.56. The van der Waals surface area contributed by atoms with Gasteiger partial charge < -0.3 is 14.8 Å². The smallest absolute Gasteiger partial charge is 0.308 e. The Kier molecular flexibility index (Phi) is 4.14. The van der Waals surface area contributed by atoms with Gasteiger partial charge in [-0.25, -0.2) is 4.98 Å². The summed E-state index contributed by atoms with van der Waals surface area (Å²) >= 11 is 0. The van der Waals surface area contributed by atoms with Crippen molar-refractivity contribution in [3.8, 4) is 5.75 Å². The van der Waals surface area contributed by atoms with E-state index in [1.54, 1.807) is 19.1 Å². The number of aromatic amines is 1. The maximum Gasteiger partial charge on any atom is 0.308 e. The molecule has 0 atom stereocenters. The highest BCUT2D eigenvalue weighted by atomic mass is 16.5. The average molecular weight is 274 g/mol. The number of nitrogens with one attached hydrogen (secondary N) is 1. The molecule has 0 spiro atoms. The van der Waals surface area contributed by atoms with Crippen LogP contribution in [-0.4, -0.2) is 21.0 Å². The number of para-hydroxylation sites is 1. The third-order valence-electron chi connectivity index (χ3n) is 2.72. The minimum atomic E-state index is -1.06. The Bertz CT molecular complexity index is 665. The summed E-state index contributed by atoms with van der Waals surface area (Å²) in [6.07, 6.45) is -0.339. The molecule has 6 nitrogen and oxygen atoms in total. The molecule has 0 bridgehead atoms. The fourth-order valence-corrected chi connectivity index (χ4v) is 1.76. The van der Waals surface area contributed by atoms with Crippen LogP contribution in [0.1, 0.15) is 17.1 Å². The van der Waals surface area contributed by atoms with Crippen molar-refractivity contribution in [3.05, 3.63) is 57.8 Å². The van der Waals surface area contributed by atoms with Gasteiger partial charge in [-0.2, -0.15) is 0 Å². The number of carboxylic acid groups (broad SMARTS) is 1. The largest absolute Gasteiger partial charge is 0.486 e. The molecule has 0 aliphatic heterocycles. The van der Waals surface area contributed by atoms with Crippen LogP contribution in [0.3, 0.4) is 0 Å². The van der Waals surface area contributed by atoms with Gasteiger partial charge in [-0.15, -0.1) is 0 Å². The molecule has 0 aliphatic rings. The lowest BCUT2D eigenvalue weighted by atomic mass is 10.2. The number of aromatic nitrogens is 2. The van der Waals surface area contributed by atoms with Crippen LogP contribution in [0.15, 0.2) is 35.1 Å². The number of aliphatic carboxylic acids is 1. The van der Waals surface area contributed by atoms with Gasteiger partial charge in [0.15, 0.2) is 0 Å². The van der Waals surface area contributed by atoms with Crippen molar-refractivity contribution >= 4 is 5.97 Å². The normalized spacial score (nSPS) is 10.2. The van der Waals surface area contributed by atoms with E-state index in [1.807, 2.05) is 18.2 Å². The number of ether oxygens (including phenoxy) is 1. The van der Waals surface area contributed by atoms with Crippen LogP contribution < -0.4 is 10.3 Å². The maximum atomic E-state index is 11.8. The van der Waals surface area contributed by atoms with Gasteiger partial charge in [-0.1, -0.05) is 18.2 Å². The number of carbonyl (C=O) groups is 1. The van der Waals surface area contributed by atoms with Gasteiger partial charge in [-0.05, 0) is 19.1 Å². The quantitative estimate of drug-likeness (QED) is 0.857. The van der Waals surface area contributed by atoms with Crippen LogP contribution >= 0.6 is 0 Å². The molecule has 1 aromatic heterocycles. The Morgan fingerprint density at radius 3 is 2.65 bits per heavy atom. The molecule has 104 valence electrons. The Balaban J connectivity index is 2.14. The summed E-state index contributed by atoms with van der Waals surface area (Å²) in [7, 11) is 0. The van der Waals surface area contributed by atoms with Crippen LogP contribution in [-0.2, 0) is 17.8 Å². The van der Waals surface area contributed by atoms with E-state index < -0.39 is 11.5 Å². The van der Waals surface area contributed by atoms with E-state index in [1.165, 1.54) is 0 Å². The first-order valence-electron chi connectivity index (χ1n) is 6.04. The molecule has 0 aliphatic carbocycles. The number of aryl methyl sites for hydroxylation is 1. The molecule has 0 saturated heterocycles. The van der Waals surface area contributed by atoms with Crippen LogP contribution in [0.5, 0.6) is 5.75 Å². The zero-order chi connectivity index (χ0) is 14.5. The van der Waals surface area contributed by atoms with Crippen LogP contribution in [0.4, 0.5) is 0 Å². The summed E-state index contributed by atoms with van der Waals surface area (Å²) < 4.78 is 5.47. The van der Waals surface area contributed by atoms with Crippen molar-refractivity contribution in [3.63, 3.8) is 0 Å². The Hall–Kier alpha value is -2.63. The van der Waals surface area contributed by atoms with E-state index in [9.17, 15) is 9.59 Å². The topological polar surface area (TPSA) is 92.3 Å². The monoisotopic (exact) mass is 274 g/mol. The second-order valence-corrected chi connectivity index (χ2v) is 4.25. The number of carboxylic acids is 1. The lowest BCUT2D eigenvalue weighted by Gasteiger charge is -2.07. The zero-order valence-electron chi connectivity index (χ0n) is 10.9. The molecule has 1 aromatic carbocycles. The highest BCUT2D eigenvalue weighted by Gasteiger charge is 2.11. The first kappa shape index (κ1) is 13.8. The molecule has 0 unspecified atom stereocenters. The Morgan fingerprint density at radius 1 is 1.35 bits per heavy atom. The third kappa shape index (κ3) is 3.44. The van der Waals surface area contributed by atoms with Crippen molar-refractivity contribution in [1.82, 2.24) is 9.97 Å². The van der Waals surface area contributed by atoms with Gasteiger partial charge in [0.25, 0.3) is 5.56 Å². The average Bonchev–Trinajstić information content (AvgIpc) is 2.41. The molecule has 2 rings (SSSR count). The summed E-state index contributed by atoms with van der Waals surface area (Å²) in [6, 6.07) is 9.14. The van der Waals surface area contributed by atoms with E-state index in [-0.39, 0.29) is 18.6 Å². The summed E-state index contributed by atoms with van der Waals surface area (Å²) in [6.45, 7) is 1.73. The van der Waals surface area contributed by atoms with Gasteiger partial charge in [0.05, 0.1) is 6.42 Å². The van der Waals surface area contributed by atoms with Crippen molar-refractivity contribution in [1.29, 1.82) is 0 Å². The molecule has 1 heterocycles. The third-order valence-corrected chi connectivity index (χ3v) is 2.72. The van der Waals surface area contributed by atoms with Crippen LogP contribution in [0.25, 0.3) is 0 Å². The fourth-order valence-electron chi connectivity index (χ4n) is 1.76. The van der Waals surface area contributed by atoms with Gasteiger partial charge in [0.2, 0.25) is 0 Å². The van der Waals surface area contributed by atoms with Crippen molar-refractivity contribution in [2.75, 3.05) is 0 Å². The van der Waals surface area contributed by atoms with Crippen molar-refractivity contribution in [2.24, 2.45) is 0 Å². The molecule has 2 N–H and O–H groups in total. The van der Waals surface area contributed by atoms with Gasteiger partial charge in [-0.3, -0.25) is 9.59 Å². The lowest BCUT2D eigenvalue weighted by Crippen LogP contribution is -2.22. The minimum absolute atomic E-state index is 0.118. The number of hydrogen-bond acceptors (Lipinski definition) is 4. The highest BCUT2D eigenvalue weighted by molar-refractivity contribution is 5.70. The van der Waals surface area contributed by atoms with Gasteiger partial charge in [0.1, 0.15) is 18.2 Å². The number of H-pyrrole nitrogens is 1. The number of hydrogen-bond donors (Lipinski definition) is 2. The SMILES string of the molecule is Cc1nc(COc2ccccc2)[nH]c(=O)c1CC(=O)O. The summed E-state index contributed by atoms with van der Waals surface area (Å²) in [5, 5.41) is 8.73. The van der Waals surface area contributed by atoms with Crippen LogP contribution in [0, 0.1) is 6.92 Å². The van der Waals surface area contributed by atoms with E-state index in [0.29, 0.717) is 17.3 Å². The molecule has 2 aromatic rings. The number of rotatable bonds is 5. The second-order valence-electron chi connectivity index (χ2n) is 4.25. The van der Waals surface area contributed by atoms with Gasteiger partial charge >= 0.3 is 5.97 Å². The molecule has 0 amide bonds. The van der Waals surface area contributed by atoms with Crippen molar-refractivity contribution < 1.29 is 14.6 Å². The highest BCUT2D eigenvalue weighted by Crippen LogP contribution is 2.10. The molecule has 6 heteroatoms. The van der Waals surface area contributed by atoms with E-state index in [4.69, 9.17) is 9.84 Å². The maximum absolute atomic E-state index is 11.8. The molecule has 0 fully saturated rings. The lowest BCUT2D eigenvalue weighted by molar-refractivity contribution is -0.136.